The monoisotopic (exact) mass is 204 g/mol. The summed E-state index contributed by atoms with van der Waals surface area (Å²) < 4.78 is 12.7. The van der Waals surface area contributed by atoms with Crippen molar-refractivity contribution in [2.24, 2.45) is 5.92 Å². The third-order valence-corrected chi connectivity index (χ3v) is 2.86. The molecule has 0 aromatic heterocycles. The van der Waals surface area contributed by atoms with Gasteiger partial charge in [-0.15, -0.1) is 0 Å². The van der Waals surface area contributed by atoms with E-state index in [0.29, 0.717) is 0 Å². The second-order valence-electron chi connectivity index (χ2n) is 3.91. The number of hydrogen-bond donors (Lipinski definition) is 1. The molecule has 1 heterocycles. The van der Waals surface area contributed by atoms with Crippen molar-refractivity contribution in [1.82, 2.24) is 5.32 Å². The van der Waals surface area contributed by atoms with Gasteiger partial charge in [0.25, 0.3) is 0 Å². The number of piperidine rings is 1. The van der Waals surface area contributed by atoms with Gasteiger partial charge in [0.1, 0.15) is 5.82 Å². The molecule has 1 aliphatic rings. The summed E-state index contributed by atoms with van der Waals surface area (Å²) in [4.78, 5) is 0. The Morgan fingerprint density at radius 3 is 2.73 bits per heavy atom. The molecule has 2 atom stereocenters. The van der Waals surface area contributed by atoms with Crippen molar-refractivity contribution < 1.29 is 4.39 Å². The van der Waals surface area contributed by atoms with E-state index in [2.05, 4.69) is 11.4 Å². The van der Waals surface area contributed by atoms with Gasteiger partial charge in [-0.05, 0) is 37.1 Å². The molecule has 3 heteroatoms. The Hall–Kier alpha value is -1.40. The maximum Gasteiger partial charge on any atom is 0.123 e. The number of nitriles is 1. The molecule has 0 unspecified atom stereocenters. The molecule has 0 bridgehead atoms. The lowest BCUT2D eigenvalue weighted by molar-refractivity contribution is 0.356. The van der Waals surface area contributed by atoms with Gasteiger partial charge >= 0.3 is 0 Å². The summed E-state index contributed by atoms with van der Waals surface area (Å²) in [6.07, 6.45) is 1.73. The van der Waals surface area contributed by atoms with Crippen LogP contribution in [0.5, 0.6) is 0 Å². The van der Waals surface area contributed by atoms with E-state index in [9.17, 15) is 4.39 Å². The maximum absolute atomic E-state index is 12.7. The zero-order valence-corrected chi connectivity index (χ0v) is 8.41. The van der Waals surface area contributed by atoms with Gasteiger partial charge in [0.2, 0.25) is 0 Å². The van der Waals surface area contributed by atoms with E-state index in [-0.39, 0.29) is 17.8 Å². The third-order valence-electron chi connectivity index (χ3n) is 2.86. The van der Waals surface area contributed by atoms with E-state index in [1.807, 2.05) is 0 Å². The van der Waals surface area contributed by atoms with Gasteiger partial charge in [-0.1, -0.05) is 12.1 Å². The minimum atomic E-state index is -0.216. The Balaban J connectivity index is 2.10. The summed E-state index contributed by atoms with van der Waals surface area (Å²) in [6, 6.07) is 9.00. The molecule has 0 radical (unpaired) electrons. The number of benzene rings is 1. The van der Waals surface area contributed by atoms with Crippen LogP contribution in [-0.4, -0.2) is 6.54 Å². The molecule has 1 aliphatic heterocycles. The second-order valence-corrected chi connectivity index (χ2v) is 3.91. The highest BCUT2D eigenvalue weighted by Gasteiger charge is 2.22. The van der Waals surface area contributed by atoms with Crippen LogP contribution in [0.1, 0.15) is 24.4 Å². The highest BCUT2D eigenvalue weighted by Crippen LogP contribution is 2.26. The summed E-state index contributed by atoms with van der Waals surface area (Å²) >= 11 is 0. The average Bonchev–Trinajstić information content (AvgIpc) is 2.30. The molecule has 78 valence electrons. The minimum absolute atomic E-state index is 0.126. The standard InChI is InChI=1S/C12H13FN2/c13-11-3-1-10(2-4-11)12-7-9(8-14)5-6-15-12/h1-4,9,12,15H,5-7H2/t9-,12+/m1/s1. The maximum atomic E-state index is 12.7. The van der Waals surface area contributed by atoms with Crippen LogP contribution in [0.15, 0.2) is 24.3 Å². The van der Waals surface area contributed by atoms with Gasteiger partial charge in [-0.25, -0.2) is 4.39 Å². The topological polar surface area (TPSA) is 35.8 Å². The first-order valence-electron chi connectivity index (χ1n) is 5.18. The third kappa shape index (κ3) is 2.34. The molecule has 15 heavy (non-hydrogen) atoms. The first-order valence-corrected chi connectivity index (χ1v) is 5.18. The van der Waals surface area contributed by atoms with Crippen LogP contribution in [0.3, 0.4) is 0 Å². The van der Waals surface area contributed by atoms with Crippen LogP contribution in [0, 0.1) is 23.1 Å². The van der Waals surface area contributed by atoms with Crippen LogP contribution in [0.25, 0.3) is 0 Å². The van der Waals surface area contributed by atoms with E-state index in [1.54, 1.807) is 12.1 Å². The van der Waals surface area contributed by atoms with Crippen LogP contribution >= 0.6 is 0 Å². The van der Waals surface area contributed by atoms with Gasteiger partial charge in [-0.3, -0.25) is 0 Å². The fourth-order valence-corrected chi connectivity index (χ4v) is 1.98. The lowest BCUT2D eigenvalue weighted by atomic mass is 9.90. The van der Waals surface area contributed by atoms with E-state index in [0.717, 1.165) is 24.9 Å². The lowest BCUT2D eigenvalue weighted by Gasteiger charge is -2.27. The Morgan fingerprint density at radius 2 is 2.07 bits per heavy atom. The van der Waals surface area contributed by atoms with Crippen molar-refractivity contribution in [3.63, 3.8) is 0 Å². The number of halogens is 1. The predicted octanol–water partition coefficient (Wildman–Crippen LogP) is 2.39. The SMILES string of the molecule is N#C[C@@H]1CCN[C@H](c2ccc(F)cc2)C1. The summed E-state index contributed by atoms with van der Waals surface area (Å²) in [6.45, 7) is 0.861. The highest BCUT2D eigenvalue weighted by molar-refractivity contribution is 5.21. The minimum Gasteiger partial charge on any atom is -0.310 e. The van der Waals surface area contributed by atoms with Crippen molar-refractivity contribution in [3.05, 3.63) is 35.6 Å². The van der Waals surface area contributed by atoms with E-state index in [4.69, 9.17) is 5.26 Å². The van der Waals surface area contributed by atoms with Crippen LogP contribution < -0.4 is 5.32 Å². The predicted molar refractivity (Wildman–Crippen MR) is 55.5 cm³/mol. The molecule has 1 N–H and O–H groups in total. The molecule has 2 rings (SSSR count). The molecule has 1 aromatic carbocycles. The Labute approximate surface area is 88.7 Å². The molecular formula is C12H13FN2. The van der Waals surface area contributed by atoms with E-state index < -0.39 is 0 Å². The zero-order valence-electron chi connectivity index (χ0n) is 8.41. The largest absolute Gasteiger partial charge is 0.310 e. The van der Waals surface area contributed by atoms with Gasteiger partial charge < -0.3 is 5.32 Å². The summed E-state index contributed by atoms with van der Waals surface area (Å²) in [5.74, 6) is -0.0901. The van der Waals surface area contributed by atoms with Crippen LogP contribution in [-0.2, 0) is 0 Å². The quantitative estimate of drug-likeness (QED) is 0.762. The van der Waals surface area contributed by atoms with Gasteiger partial charge in [0.05, 0.1) is 6.07 Å². The average molecular weight is 204 g/mol. The lowest BCUT2D eigenvalue weighted by Crippen LogP contribution is -2.31. The normalized spacial score (nSPS) is 25.9. The first kappa shape index (κ1) is 10.1. The van der Waals surface area contributed by atoms with E-state index in [1.165, 1.54) is 12.1 Å². The van der Waals surface area contributed by atoms with Crippen LogP contribution in [0.4, 0.5) is 4.39 Å². The zero-order chi connectivity index (χ0) is 10.7. The molecule has 0 spiro atoms. The molecule has 1 fully saturated rings. The Bertz CT molecular complexity index is 366. The smallest absolute Gasteiger partial charge is 0.123 e. The molecule has 1 saturated heterocycles. The molecular weight excluding hydrogens is 191 g/mol. The fourth-order valence-electron chi connectivity index (χ4n) is 1.98. The van der Waals surface area contributed by atoms with Crippen molar-refractivity contribution in [2.75, 3.05) is 6.54 Å². The van der Waals surface area contributed by atoms with Crippen LogP contribution in [0.2, 0.25) is 0 Å². The highest BCUT2D eigenvalue weighted by atomic mass is 19.1. The Kier molecular flexibility index (Phi) is 2.98. The summed E-state index contributed by atoms with van der Waals surface area (Å²) in [5.41, 5.74) is 1.07. The second kappa shape index (κ2) is 4.41. The summed E-state index contributed by atoms with van der Waals surface area (Å²) in [5, 5.41) is 12.2. The van der Waals surface area contributed by atoms with Crippen molar-refractivity contribution in [3.8, 4) is 6.07 Å². The first-order chi connectivity index (χ1) is 7.29. The Morgan fingerprint density at radius 1 is 1.33 bits per heavy atom. The fraction of sp³-hybridized carbons (Fsp3) is 0.417. The molecule has 1 aromatic rings. The van der Waals surface area contributed by atoms with Gasteiger partial charge in [0.15, 0.2) is 0 Å². The molecule has 0 saturated carbocycles. The van der Waals surface area contributed by atoms with E-state index >= 15 is 0 Å². The summed E-state index contributed by atoms with van der Waals surface area (Å²) in [7, 11) is 0. The van der Waals surface area contributed by atoms with Gasteiger partial charge in [-0.2, -0.15) is 5.26 Å². The number of nitrogens with one attached hydrogen (secondary N) is 1. The van der Waals surface area contributed by atoms with Crippen molar-refractivity contribution >= 4 is 0 Å². The van der Waals surface area contributed by atoms with Gasteiger partial charge in [0, 0.05) is 12.0 Å². The molecule has 0 aliphatic carbocycles. The molecule has 0 amide bonds. The number of hydrogen-bond acceptors (Lipinski definition) is 2. The number of nitrogens with zero attached hydrogens (tertiary/aromatic N) is 1. The van der Waals surface area contributed by atoms with Crippen molar-refractivity contribution in [1.29, 1.82) is 5.26 Å². The van der Waals surface area contributed by atoms with Crippen molar-refractivity contribution in [2.45, 2.75) is 18.9 Å². The molecule has 2 nitrogen and oxygen atoms in total. The number of rotatable bonds is 1.